The van der Waals surface area contributed by atoms with E-state index < -0.39 is 20.7 Å². The minimum atomic E-state index is -4.20. The van der Waals surface area contributed by atoms with Crippen LogP contribution in [0.5, 0.6) is 0 Å². The minimum Gasteiger partial charge on any atom is -0.360 e. The number of carbonyl (C=O) groups is 1. The first-order valence-electron chi connectivity index (χ1n) is 6.52. The second-order valence-corrected chi connectivity index (χ2v) is 6.71. The molecule has 2 aromatic rings. The smallest absolute Gasteiger partial charge is 0.360 e. The fourth-order valence-electron chi connectivity index (χ4n) is 2.14. The molecule has 0 N–H and O–H groups in total. The quantitative estimate of drug-likeness (QED) is 0.287. The van der Waals surface area contributed by atoms with Gasteiger partial charge in [0.15, 0.2) is 0 Å². The molecule has 0 fully saturated rings. The highest BCUT2D eigenvalue weighted by Gasteiger charge is 2.38. The van der Waals surface area contributed by atoms with E-state index in [4.69, 9.17) is 5.53 Å². The third kappa shape index (κ3) is 2.88. The van der Waals surface area contributed by atoms with Crippen LogP contribution in [0.25, 0.3) is 5.53 Å². The van der Waals surface area contributed by atoms with Crippen LogP contribution in [-0.2, 0) is 9.84 Å². The van der Waals surface area contributed by atoms with Crippen LogP contribution in [-0.4, -0.2) is 24.0 Å². The van der Waals surface area contributed by atoms with Gasteiger partial charge in [0.25, 0.3) is 15.6 Å². The Bertz CT molecular complexity index is 881. The van der Waals surface area contributed by atoms with Gasteiger partial charge in [0, 0.05) is 5.56 Å². The van der Waals surface area contributed by atoms with Gasteiger partial charge in [-0.3, -0.25) is 4.79 Å². The molecule has 0 atom stereocenters. The van der Waals surface area contributed by atoms with Gasteiger partial charge >= 0.3 is 5.04 Å². The molecule has 0 unspecified atom stereocenters. The Morgan fingerprint density at radius 2 is 1.68 bits per heavy atom. The Labute approximate surface area is 128 Å². The van der Waals surface area contributed by atoms with E-state index in [0.717, 1.165) is 5.56 Å². The van der Waals surface area contributed by atoms with Crippen molar-refractivity contribution in [3.8, 4) is 0 Å². The Morgan fingerprint density at radius 3 is 2.23 bits per heavy atom. The van der Waals surface area contributed by atoms with Gasteiger partial charge < -0.3 is 5.53 Å². The highest BCUT2D eigenvalue weighted by atomic mass is 32.2. The Balaban J connectivity index is 2.56. The molecule has 22 heavy (non-hydrogen) atoms. The molecule has 0 spiro atoms. The fourth-order valence-corrected chi connectivity index (χ4v) is 3.55. The number of carbonyl (C=O) groups excluding carboxylic acids is 1. The second kappa shape index (κ2) is 6.05. The predicted molar refractivity (Wildman–Crippen MR) is 82.5 cm³/mol. The van der Waals surface area contributed by atoms with Crippen molar-refractivity contribution in [1.82, 2.24) is 0 Å². The highest BCUT2D eigenvalue weighted by Crippen LogP contribution is 2.20. The van der Waals surface area contributed by atoms with E-state index in [2.05, 4.69) is 4.79 Å². The van der Waals surface area contributed by atoms with Crippen LogP contribution in [0.4, 0.5) is 0 Å². The van der Waals surface area contributed by atoms with Crippen LogP contribution in [0, 0.1) is 13.8 Å². The van der Waals surface area contributed by atoms with Crippen LogP contribution in [0.3, 0.4) is 0 Å². The number of hydrogen-bond donors (Lipinski definition) is 0. The van der Waals surface area contributed by atoms with E-state index in [1.807, 2.05) is 6.92 Å². The molecule has 0 aliphatic heterocycles. The van der Waals surface area contributed by atoms with E-state index in [-0.39, 0.29) is 10.5 Å². The molecule has 5 nitrogen and oxygen atoms in total. The molecule has 0 radical (unpaired) electrons. The molecule has 0 aromatic heterocycles. The third-order valence-corrected chi connectivity index (χ3v) is 5.01. The molecule has 6 heteroatoms. The predicted octanol–water partition coefficient (Wildman–Crippen LogP) is 2.59. The zero-order valence-corrected chi connectivity index (χ0v) is 13.0. The first kappa shape index (κ1) is 15.8. The summed E-state index contributed by atoms with van der Waals surface area (Å²) < 4.78 is 25.2. The van der Waals surface area contributed by atoms with Gasteiger partial charge in [-0.1, -0.05) is 48.0 Å². The molecule has 2 rings (SSSR count). The zero-order valence-electron chi connectivity index (χ0n) is 12.1. The monoisotopic (exact) mass is 314 g/mol. The average Bonchev–Trinajstić information content (AvgIpc) is 2.48. The molecule has 0 heterocycles. The number of rotatable bonds is 3. The number of aryl methyl sites for hydroxylation is 2. The Hall–Kier alpha value is -2.56. The van der Waals surface area contributed by atoms with Crippen molar-refractivity contribution in [1.29, 1.82) is 0 Å². The molecule has 0 aliphatic carbocycles. The Morgan fingerprint density at radius 1 is 1.05 bits per heavy atom. The van der Waals surface area contributed by atoms with Crippen LogP contribution in [0.1, 0.15) is 21.5 Å². The molecule has 0 saturated carbocycles. The van der Waals surface area contributed by atoms with Gasteiger partial charge in [-0.15, -0.1) is 4.79 Å². The number of benzene rings is 2. The van der Waals surface area contributed by atoms with Crippen molar-refractivity contribution in [3.63, 3.8) is 0 Å². The number of hydrogen-bond acceptors (Lipinski definition) is 3. The number of ketones is 1. The van der Waals surface area contributed by atoms with E-state index in [0.29, 0.717) is 5.56 Å². The largest absolute Gasteiger partial charge is 0.456 e. The van der Waals surface area contributed by atoms with Crippen molar-refractivity contribution in [2.45, 2.75) is 18.7 Å². The second-order valence-electron chi connectivity index (χ2n) is 4.87. The summed E-state index contributed by atoms with van der Waals surface area (Å²) in [5, 5.41) is -0.884. The molecular formula is C16H14N2O3S. The lowest BCUT2D eigenvalue weighted by atomic mass is 10.1. The van der Waals surface area contributed by atoms with E-state index in [1.165, 1.54) is 18.2 Å². The normalized spacial score (nSPS) is 10.8. The van der Waals surface area contributed by atoms with Crippen molar-refractivity contribution in [3.05, 3.63) is 70.8 Å². The molecule has 0 amide bonds. The lowest BCUT2D eigenvalue weighted by Crippen LogP contribution is -2.26. The fraction of sp³-hybridized carbons (Fsp3) is 0.125. The van der Waals surface area contributed by atoms with E-state index in [1.54, 1.807) is 37.3 Å². The van der Waals surface area contributed by atoms with Crippen LogP contribution in [0.2, 0.25) is 0 Å². The van der Waals surface area contributed by atoms with Crippen LogP contribution >= 0.6 is 0 Å². The minimum absolute atomic E-state index is 0.0461. The molecule has 0 aliphatic rings. The van der Waals surface area contributed by atoms with Gasteiger partial charge in [-0.05, 0) is 25.5 Å². The molecule has 2 aromatic carbocycles. The molecule has 0 saturated heterocycles. The third-order valence-electron chi connectivity index (χ3n) is 3.20. The van der Waals surface area contributed by atoms with Gasteiger partial charge in [-0.25, -0.2) is 8.42 Å². The SMILES string of the molecule is Cc1ccc(S(=O)(=O)C(=[N+]=[N-])C(=O)c2ccccc2)c(C)c1. The van der Waals surface area contributed by atoms with Crippen molar-refractivity contribution in [2.75, 3.05) is 0 Å². The molecule has 112 valence electrons. The number of Topliss-reactive ketones (excluding diaryl/α,β-unsaturated/α-hetero) is 1. The maximum atomic E-state index is 12.6. The van der Waals surface area contributed by atoms with Gasteiger partial charge in [0.1, 0.15) is 0 Å². The van der Waals surface area contributed by atoms with E-state index in [9.17, 15) is 13.2 Å². The first-order chi connectivity index (χ1) is 10.4. The summed E-state index contributed by atoms with van der Waals surface area (Å²) in [6.07, 6.45) is 0. The van der Waals surface area contributed by atoms with Crippen molar-refractivity contribution < 1.29 is 18.0 Å². The van der Waals surface area contributed by atoms with Crippen molar-refractivity contribution >= 4 is 20.7 Å². The van der Waals surface area contributed by atoms with Gasteiger partial charge in [0.2, 0.25) is 0 Å². The summed E-state index contributed by atoms with van der Waals surface area (Å²) in [6.45, 7) is 3.46. The lowest BCUT2D eigenvalue weighted by molar-refractivity contribution is -0.00158. The first-order valence-corrected chi connectivity index (χ1v) is 8.00. The summed E-state index contributed by atoms with van der Waals surface area (Å²) in [7, 11) is -4.20. The average molecular weight is 314 g/mol. The maximum absolute atomic E-state index is 12.6. The maximum Gasteiger partial charge on any atom is 0.456 e. The number of sulfone groups is 1. The standard InChI is InChI=1S/C16H14N2O3S/c1-11-8-9-14(12(2)10-11)22(20,21)16(18-17)15(19)13-6-4-3-5-7-13/h3-10H,1-2H3. The zero-order chi connectivity index (χ0) is 16.3. The van der Waals surface area contributed by atoms with Crippen LogP contribution < -0.4 is 0 Å². The summed E-state index contributed by atoms with van der Waals surface area (Å²) in [5.74, 6) is -0.844. The lowest BCUT2D eigenvalue weighted by Gasteiger charge is -2.05. The summed E-state index contributed by atoms with van der Waals surface area (Å²) in [5.41, 5.74) is 10.6. The van der Waals surface area contributed by atoms with Crippen LogP contribution in [0.15, 0.2) is 53.4 Å². The summed E-state index contributed by atoms with van der Waals surface area (Å²) >= 11 is 0. The topological polar surface area (TPSA) is 87.6 Å². The summed E-state index contributed by atoms with van der Waals surface area (Å²) in [4.78, 5) is 15.0. The summed E-state index contributed by atoms with van der Waals surface area (Å²) in [6, 6.07) is 12.6. The Kier molecular flexibility index (Phi) is 4.35. The molecule has 0 bridgehead atoms. The number of nitrogens with zero attached hydrogens (tertiary/aromatic N) is 2. The van der Waals surface area contributed by atoms with Crippen molar-refractivity contribution in [2.24, 2.45) is 0 Å². The van der Waals surface area contributed by atoms with Gasteiger partial charge in [-0.2, -0.15) is 0 Å². The van der Waals surface area contributed by atoms with E-state index >= 15 is 0 Å². The molecular weight excluding hydrogens is 300 g/mol. The highest BCUT2D eigenvalue weighted by molar-refractivity contribution is 8.08. The van der Waals surface area contributed by atoms with Gasteiger partial charge in [0.05, 0.1) is 4.90 Å².